The Morgan fingerprint density at radius 3 is 0.750 bits per heavy atom. The molecule has 2 nitrogen and oxygen atoms in total. The Bertz CT molecular complexity index is 6.00. The molecule has 0 aromatic rings. The van der Waals surface area contributed by atoms with Gasteiger partial charge in [-0.1, -0.05) is 0 Å². The van der Waals surface area contributed by atoms with Crippen LogP contribution in [0.2, 0.25) is 0 Å². The fourth-order valence-corrected chi connectivity index (χ4v) is 0. The van der Waals surface area contributed by atoms with E-state index in [-0.39, 0.29) is 54.5 Å². The summed E-state index contributed by atoms with van der Waals surface area (Å²) in [5, 5.41) is 0. The second-order valence-corrected chi connectivity index (χ2v) is 0. The van der Waals surface area contributed by atoms with Gasteiger partial charge in [-0.3, -0.25) is 0 Å². The van der Waals surface area contributed by atoms with E-state index in [2.05, 4.69) is 0 Å². The first-order valence-corrected chi connectivity index (χ1v) is 0. The molecule has 0 aliphatic carbocycles. The maximum Gasteiger partial charge on any atom is 4.00 e. The first kappa shape index (κ1) is 56.2. The monoisotopic (exact) mass is 174 g/mol. The van der Waals surface area contributed by atoms with Crippen molar-refractivity contribution in [2.45, 2.75) is 0 Å². The Morgan fingerprint density at radius 2 is 0.750 bits per heavy atom. The molecule has 0 radical (unpaired) electrons. The molecule has 4 heavy (non-hydrogen) atoms. The van der Waals surface area contributed by atoms with Crippen molar-refractivity contribution in [3.05, 3.63) is 0 Å². The zero-order valence-electron chi connectivity index (χ0n) is 1.72. The average Bonchev–Trinajstić information content (AvgIpc) is 0. The van der Waals surface area contributed by atoms with Gasteiger partial charge in [-0.25, -0.2) is 0 Å². The van der Waals surface area contributed by atoms with Crippen LogP contribution in [0.1, 0.15) is 0 Å². The van der Waals surface area contributed by atoms with Crippen LogP contribution in [-0.2, 0) is 54.5 Å². The van der Waals surface area contributed by atoms with Gasteiger partial charge in [0, 0.05) is 17.4 Å². The van der Waals surface area contributed by atoms with Gasteiger partial charge >= 0.3 is 26.2 Å². The third-order valence-electron chi connectivity index (χ3n) is 0. The molecule has 0 atom stereocenters. The van der Waals surface area contributed by atoms with Crippen LogP contribution in [0.15, 0.2) is 0 Å². The van der Waals surface area contributed by atoms with Crippen molar-refractivity contribution < 1.29 is 54.5 Å². The zero-order chi connectivity index (χ0) is 0. The Balaban J connectivity index is 0. The SMILES string of the molecule is [Cr].[O-2].[O-2].[Zr+4]. The van der Waals surface area contributed by atoms with Crippen molar-refractivity contribution in [1.82, 2.24) is 0 Å². The minimum Gasteiger partial charge on any atom is -2.00 e. The number of hydrogen-bond acceptors (Lipinski definition) is 0. The van der Waals surface area contributed by atoms with Crippen molar-refractivity contribution in [3.63, 3.8) is 0 Å². The summed E-state index contributed by atoms with van der Waals surface area (Å²) in [5.41, 5.74) is 0. The van der Waals surface area contributed by atoms with E-state index in [9.17, 15) is 0 Å². The molecular weight excluding hydrogens is 175 g/mol. The molecule has 0 N–H and O–H groups in total. The van der Waals surface area contributed by atoms with E-state index in [1.54, 1.807) is 0 Å². The molecule has 0 fully saturated rings. The van der Waals surface area contributed by atoms with Crippen molar-refractivity contribution in [1.29, 1.82) is 0 Å². The van der Waals surface area contributed by atoms with E-state index >= 15 is 0 Å². The molecule has 0 rings (SSSR count). The molecule has 0 amide bonds. The molecule has 0 spiro atoms. The summed E-state index contributed by atoms with van der Waals surface area (Å²) in [6, 6.07) is 0. The Morgan fingerprint density at radius 1 is 0.750 bits per heavy atom. The van der Waals surface area contributed by atoms with Gasteiger partial charge in [0.1, 0.15) is 0 Å². The molecule has 0 aromatic carbocycles. The molecule has 0 unspecified atom stereocenters. The van der Waals surface area contributed by atoms with Crippen molar-refractivity contribution in [3.8, 4) is 0 Å². The van der Waals surface area contributed by atoms with Crippen molar-refractivity contribution in [2.24, 2.45) is 0 Å². The van der Waals surface area contributed by atoms with Gasteiger partial charge in [0.15, 0.2) is 0 Å². The summed E-state index contributed by atoms with van der Waals surface area (Å²) in [4.78, 5) is 0. The fraction of sp³-hybridized carbons (Fsp3) is 0. The Kier molecular flexibility index (Phi) is 380. The van der Waals surface area contributed by atoms with Crippen molar-refractivity contribution in [2.75, 3.05) is 0 Å². The molecule has 0 aliphatic rings. The number of hydrogen-bond donors (Lipinski definition) is 0. The minimum absolute atomic E-state index is 0. The third-order valence-corrected chi connectivity index (χ3v) is 0. The molecule has 0 saturated carbocycles. The third kappa shape index (κ3) is 10.2. The van der Waals surface area contributed by atoms with E-state index in [1.807, 2.05) is 0 Å². The maximum absolute atomic E-state index is 0. The van der Waals surface area contributed by atoms with Crippen molar-refractivity contribution >= 4 is 0 Å². The average molecular weight is 175 g/mol. The predicted octanol–water partition coefficient (Wildman–Crippen LogP) is -0.243. The fourth-order valence-electron chi connectivity index (χ4n) is 0. The molecule has 0 heterocycles. The second kappa shape index (κ2) is 27.0. The predicted molar refractivity (Wildman–Crippen MR) is 1.37 cm³/mol. The smallest absolute Gasteiger partial charge is 2.00 e. The van der Waals surface area contributed by atoms with Gasteiger partial charge in [-0.05, 0) is 0 Å². The summed E-state index contributed by atoms with van der Waals surface area (Å²) < 4.78 is 0. The number of rotatable bonds is 0. The van der Waals surface area contributed by atoms with Crippen LogP contribution in [0.3, 0.4) is 0 Å². The minimum atomic E-state index is 0. The summed E-state index contributed by atoms with van der Waals surface area (Å²) >= 11 is 0. The summed E-state index contributed by atoms with van der Waals surface area (Å²) in [7, 11) is 0. The first-order valence-electron chi connectivity index (χ1n) is 0. The second-order valence-electron chi connectivity index (χ2n) is 0. The summed E-state index contributed by atoms with van der Waals surface area (Å²) in [5.74, 6) is 0. The molecular formula is CrO2Zr. The van der Waals surface area contributed by atoms with Crippen LogP contribution >= 0.6 is 0 Å². The Hall–Kier alpha value is 1.34. The van der Waals surface area contributed by atoms with E-state index in [0.29, 0.717) is 0 Å². The van der Waals surface area contributed by atoms with Gasteiger partial charge < -0.3 is 11.0 Å². The summed E-state index contributed by atoms with van der Waals surface area (Å²) in [6.07, 6.45) is 0. The van der Waals surface area contributed by atoms with Gasteiger partial charge in [0.25, 0.3) is 0 Å². The van der Waals surface area contributed by atoms with E-state index in [0.717, 1.165) is 0 Å². The molecule has 0 aliphatic heterocycles. The molecule has 0 aromatic heterocycles. The largest absolute Gasteiger partial charge is 4.00 e. The first-order chi connectivity index (χ1) is 0. The van der Waals surface area contributed by atoms with Crippen LogP contribution in [0, 0.1) is 0 Å². The van der Waals surface area contributed by atoms with Crippen LogP contribution in [0.5, 0.6) is 0 Å². The zero-order valence-corrected chi connectivity index (χ0v) is 5.46. The van der Waals surface area contributed by atoms with Crippen LogP contribution in [0.4, 0.5) is 0 Å². The van der Waals surface area contributed by atoms with E-state index < -0.39 is 0 Å². The van der Waals surface area contributed by atoms with Crippen LogP contribution < -0.4 is 0 Å². The van der Waals surface area contributed by atoms with E-state index in [1.165, 1.54) is 0 Å². The van der Waals surface area contributed by atoms with Gasteiger partial charge in [-0.15, -0.1) is 0 Å². The molecule has 22 valence electrons. The van der Waals surface area contributed by atoms with Crippen LogP contribution in [-0.4, -0.2) is 0 Å². The van der Waals surface area contributed by atoms with Gasteiger partial charge in [0.05, 0.1) is 0 Å². The maximum atomic E-state index is 0. The van der Waals surface area contributed by atoms with Crippen LogP contribution in [0.25, 0.3) is 0 Å². The molecule has 4 heteroatoms. The normalized spacial score (nSPS) is 0. The summed E-state index contributed by atoms with van der Waals surface area (Å²) in [6.45, 7) is 0. The topological polar surface area (TPSA) is 57.0 Å². The molecule has 0 saturated heterocycles. The molecule has 0 bridgehead atoms. The van der Waals surface area contributed by atoms with Gasteiger partial charge in [-0.2, -0.15) is 0 Å². The standard InChI is InChI=1S/Cr.2O.Zr/q;2*-2;+4. The van der Waals surface area contributed by atoms with Gasteiger partial charge in [0.2, 0.25) is 0 Å². The quantitative estimate of drug-likeness (QED) is 0.488. The Labute approximate surface area is 54.5 Å². The van der Waals surface area contributed by atoms with E-state index in [4.69, 9.17) is 0 Å².